The molecule has 20 heavy (non-hydrogen) atoms. The van der Waals surface area contributed by atoms with Crippen LogP contribution in [0.4, 0.5) is 10.1 Å². The molecular formula is C16H12FNO2. The maximum atomic E-state index is 14.1. The van der Waals surface area contributed by atoms with Gasteiger partial charge in [0.1, 0.15) is 5.82 Å². The van der Waals surface area contributed by atoms with E-state index in [1.54, 1.807) is 36.4 Å². The number of carbonyl (C=O) groups excluding carboxylic acids is 2. The normalized spacial score (nSPS) is 13.6. The number of amides is 1. The first-order chi connectivity index (χ1) is 9.65. The van der Waals surface area contributed by atoms with E-state index in [4.69, 9.17) is 0 Å². The van der Waals surface area contributed by atoms with Gasteiger partial charge in [0.05, 0.1) is 5.56 Å². The lowest BCUT2D eigenvalue weighted by Crippen LogP contribution is -2.20. The molecule has 2 aromatic rings. The van der Waals surface area contributed by atoms with Crippen molar-refractivity contribution in [1.29, 1.82) is 0 Å². The zero-order valence-electron chi connectivity index (χ0n) is 10.7. The van der Waals surface area contributed by atoms with E-state index in [2.05, 4.69) is 5.32 Å². The number of ketones is 1. The van der Waals surface area contributed by atoms with Crippen molar-refractivity contribution in [2.24, 2.45) is 0 Å². The Hall–Kier alpha value is -2.49. The summed E-state index contributed by atoms with van der Waals surface area (Å²) in [5.74, 6) is -1.08. The molecule has 0 unspecified atom stereocenters. The molecule has 0 aromatic heterocycles. The van der Waals surface area contributed by atoms with Gasteiger partial charge < -0.3 is 5.32 Å². The summed E-state index contributed by atoms with van der Waals surface area (Å²) in [6, 6.07) is 11.4. The molecule has 100 valence electrons. The summed E-state index contributed by atoms with van der Waals surface area (Å²) < 4.78 is 14.1. The Morgan fingerprint density at radius 3 is 2.60 bits per heavy atom. The molecule has 1 N–H and O–H groups in total. The third kappa shape index (κ3) is 2.20. The van der Waals surface area contributed by atoms with Crippen LogP contribution in [0.2, 0.25) is 0 Å². The molecule has 3 rings (SSSR count). The molecule has 2 aromatic carbocycles. The van der Waals surface area contributed by atoms with Gasteiger partial charge in [0.15, 0.2) is 5.78 Å². The average Bonchev–Trinajstić information content (AvgIpc) is 2.46. The van der Waals surface area contributed by atoms with Gasteiger partial charge in [0.25, 0.3) is 0 Å². The fourth-order valence-corrected chi connectivity index (χ4v) is 2.32. The second-order valence-electron chi connectivity index (χ2n) is 4.73. The van der Waals surface area contributed by atoms with Gasteiger partial charge in [-0.3, -0.25) is 9.59 Å². The minimum Gasteiger partial charge on any atom is -0.326 e. The Morgan fingerprint density at radius 2 is 1.85 bits per heavy atom. The van der Waals surface area contributed by atoms with Crippen molar-refractivity contribution in [2.75, 3.05) is 5.32 Å². The van der Waals surface area contributed by atoms with E-state index in [0.717, 1.165) is 5.56 Å². The van der Waals surface area contributed by atoms with Crippen LogP contribution in [-0.2, 0) is 11.2 Å². The number of benzene rings is 2. The molecule has 0 aliphatic carbocycles. The Morgan fingerprint density at radius 1 is 1.10 bits per heavy atom. The van der Waals surface area contributed by atoms with Crippen LogP contribution in [0.3, 0.4) is 0 Å². The van der Waals surface area contributed by atoms with E-state index in [1.807, 2.05) is 0 Å². The molecule has 0 saturated carbocycles. The molecule has 1 amide bonds. The number of halogens is 1. The summed E-state index contributed by atoms with van der Waals surface area (Å²) in [6.07, 6.45) is 0.883. The van der Waals surface area contributed by atoms with Gasteiger partial charge in [-0.05, 0) is 24.1 Å². The van der Waals surface area contributed by atoms with Crippen LogP contribution in [0.25, 0.3) is 0 Å². The highest BCUT2D eigenvalue weighted by atomic mass is 19.1. The van der Waals surface area contributed by atoms with Crippen LogP contribution in [0.1, 0.15) is 27.9 Å². The Bertz CT molecular complexity index is 695. The summed E-state index contributed by atoms with van der Waals surface area (Å²) >= 11 is 0. The highest BCUT2D eigenvalue weighted by molar-refractivity contribution is 6.09. The third-order valence-electron chi connectivity index (χ3n) is 3.37. The van der Waals surface area contributed by atoms with Crippen LogP contribution in [0, 0.1) is 5.82 Å². The Kier molecular flexibility index (Phi) is 3.06. The number of nitrogens with one attached hydrogen (secondary N) is 1. The van der Waals surface area contributed by atoms with Crippen LogP contribution >= 0.6 is 0 Å². The van der Waals surface area contributed by atoms with E-state index >= 15 is 0 Å². The van der Waals surface area contributed by atoms with Gasteiger partial charge in [-0.1, -0.05) is 30.3 Å². The first kappa shape index (κ1) is 12.5. The third-order valence-corrected chi connectivity index (χ3v) is 3.37. The molecule has 4 heteroatoms. The number of hydrogen-bond acceptors (Lipinski definition) is 2. The van der Waals surface area contributed by atoms with Gasteiger partial charge in [0, 0.05) is 17.7 Å². The lowest BCUT2D eigenvalue weighted by Gasteiger charge is -2.18. The monoisotopic (exact) mass is 269 g/mol. The molecule has 0 spiro atoms. The van der Waals surface area contributed by atoms with Crippen LogP contribution in [0.15, 0.2) is 42.5 Å². The molecule has 0 fully saturated rings. The summed E-state index contributed by atoms with van der Waals surface area (Å²) in [7, 11) is 0. The van der Waals surface area contributed by atoms with Crippen molar-refractivity contribution in [1.82, 2.24) is 0 Å². The van der Waals surface area contributed by atoms with Gasteiger partial charge in [-0.15, -0.1) is 0 Å². The summed E-state index contributed by atoms with van der Waals surface area (Å²) in [5, 5.41) is 2.62. The Balaban J connectivity index is 2.03. The van der Waals surface area contributed by atoms with E-state index in [9.17, 15) is 14.0 Å². The zero-order valence-corrected chi connectivity index (χ0v) is 10.7. The molecule has 0 bridgehead atoms. The maximum Gasteiger partial charge on any atom is 0.224 e. The molecule has 1 aliphatic rings. The van der Waals surface area contributed by atoms with Crippen molar-refractivity contribution in [3.63, 3.8) is 0 Å². The summed E-state index contributed by atoms with van der Waals surface area (Å²) in [4.78, 5) is 23.6. The zero-order chi connectivity index (χ0) is 14.1. The first-order valence-corrected chi connectivity index (χ1v) is 6.37. The smallest absolute Gasteiger partial charge is 0.224 e. The standard InChI is InChI=1S/C16H12FNO2/c17-13-9-14-11(6-7-15(19)18-14)8-12(13)16(20)10-4-2-1-3-5-10/h1-5,8-9H,6-7H2,(H,18,19). The highest BCUT2D eigenvalue weighted by Gasteiger charge is 2.21. The van der Waals surface area contributed by atoms with Crippen molar-refractivity contribution >= 4 is 17.4 Å². The number of hydrogen-bond donors (Lipinski definition) is 1. The molecule has 1 heterocycles. The van der Waals surface area contributed by atoms with Gasteiger partial charge in [0.2, 0.25) is 5.91 Å². The van der Waals surface area contributed by atoms with Gasteiger partial charge >= 0.3 is 0 Å². The fourth-order valence-electron chi connectivity index (χ4n) is 2.32. The van der Waals surface area contributed by atoms with Crippen LogP contribution in [0.5, 0.6) is 0 Å². The van der Waals surface area contributed by atoms with Gasteiger partial charge in [-0.2, -0.15) is 0 Å². The van der Waals surface area contributed by atoms with Crippen molar-refractivity contribution in [2.45, 2.75) is 12.8 Å². The first-order valence-electron chi connectivity index (χ1n) is 6.37. The largest absolute Gasteiger partial charge is 0.326 e. The quantitative estimate of drug-likeness (QED) is 0.852. The van der Waals surface area contributed by atoms with Gasteiger partial charge in [-0.25, -0.2) is 4.39 Å². The minimum atomic E-state index is -0.611. The number of rotatable bonds is 2. The van der Waals surface area contributed by atoms with Crippen LogP contribution < -0.4 is 5.32 Å². The fraction of sp³-hybridized carbons (Fsp3) is 0.125. The Labute approximate surface area is 115 Å². The van der Waals surface area contributed by atoms with Crippen molar-refractivity contribution in [3.05, 3.63) is 65.0 Å². The highest BCUT2D eigenvalue weighted by Crippen LogP contribution is 2.27. The van der Waals surface area contributed by atoms with E-state index < -0.39 is 5.82 Å². The number of aryl methyl sites for hydroxylation is 1. The molecule has 0 saturated heterocycles. The molecule has 0 radical (unpaired) electrons. The second kappa shape index (κ2) is 4.89. The van der Waals surface area contributed by atoms with E-state index in [0.29, 0.717) is 24.1 Å². The number of anilines is 1. The lowest BCUT2D eigenvalue weighted by molar-refractivity contribution is -0.116. The number of fused-ring (bicyclic) bond motifs is 1. The van der Waals surface area contributed by atoms with Crippen molar-refractivity contribution < 1.29 is 14.0 Å². The maximum absolute atomic E-state index is 14.1. The topological polar surface area (TPSA) is 46.2 Å². The summed E-state index contributed by atoms with van der Waals surface area (Å²) in [5.41, 5.74) is 1.76. The molecule has 3 nitrogen and oxygen atoms in total. The summed E-state index contributed by atoms with van der Waals surface area (Å²) in [6.45, 7) is 0. The van der Waals surface area contributed by atoms with Crippen LogP contribution in [-0.4, -0.2) is 11.7 Å². The van der Waals surface area contributed by atoms with E-state index in [1.165, 1.54) is 6.07 Å². The van der Waals surface area contributed by atoms with E-state index in [-0.39, 0.29) is 17.3 Å². The predicted molar refractivity (Wildman–Crippen MR) is 73.2 cm³/mol. The molecular weight excluding hydrogens is 257 g/mol. The minimum absolute atomic E-state index is 0.0473. The predicted octanol–water partition coefficient (Wildman–Crippen LogP) is 2.94. The average molecular weight is 269 g/mol. The van der Waals surface area contributed by atoms with Crippen molar-refractivity contribution in [3.8, 4) is 0 Å². The second-order valence-corrected chi connectivity index (χ2v) is 4.73. The molecule has 0 atom stereocenters. The lowest BCUT2D eigenvalue weighted by atomic mass is 9.96. The SMILES string of the molecule is O=C1CCc2cc(C(=O)c3ccccc3)c(F)cc2N1. The molecule has 1 aliphatic heterocycles. The number of carbonyl (C=O) groups is 2.